The second-order valence-corrected chi connectivity index (χ2v) is 5.15. The van der Waals surface area contributed by atoms with Gasteiger partial charge in [0, 0.05) is 6.04 Å². The molecule has 1 heterocycles. The Morgan fingerprint density at radius 2 is 2.00 bits per heavy atom. The third kappa shape index (κ3) is 1.78. The first-order valence-corrected chi connectivity index (χ1v) is 6.57. The number of halogens is 1. The normalized spacial score (nSPS) is 17.7. The molecule has 1 aromatic heterocycles. The number of hydrogen-bond acceptors (Lipinski definition) is 2. The lowest BCUT2D eigenvalue weighted by molar-refractivity contribution is 0.363. The summed E-state index contributed by atoms with van der Waals surface area (Å²) >= 11 is 6.15. The Labute approximate surface area is 106 Å². The number of imidazole rings is 1. The number of benzene rings is 1. The van der Waals surface area contributed by atoms with Crippen LogP contribution >= 0.6 is 11.6 Å². The number of hydrogen-bond donors (Lipinski definition) is 1. The maximum absolute atomic E-state index is 6.15. The molecule has 0 atom stereocenters. The molecule has 0 amide bonds. The van der Waals surface area contributed by atoms with Crippen LogP contribution in [0.2, 0.25) is 5.02 Å². The van der Waals surface area contributed by atoms with Crippen LogP contribution in [-0.4, -0.2) is 9.55 Å². The molecule has 90 valence electrons. The first kappa shape index (κ1) is 10.9. The fraction of sp³-hybridized carbons (Fsp3) is 0.462. The number of nitrogen functional groups attached to an aromatic ring is 1. The fourth-order valence-corrected chi connectivity index (χ4v) is 3.04. The van der Waals surface area contributed by atoms with Gasteiger partial charge in [0.2, 0.25) is 5.95 Å². The van der Waals surface area contributed by atoms with Crippen LogP contribution in [-0.2, 0) is 0 Å². The molecule has 4 heteroatoms. The van der Waals surface area contributed by atoms with Crippen molar-refractivity contribution in [1.29, 1.82) is 0 Å². The molecule has 17 heavy (non-hydrogen) atoms. The van der Waals surface area contributed by atoms with E-state index in [9.17, 15) is 0 Å². The summed E-state index contributed by atoms with van der Waals surface area (Å²) in [5.41, 5.74) is 7.95. The van der Waals surface area contributed by atoms with Crippen molar-refractivity contribution in [2.45, 2.75) is 38.1 Å². The Balaban J connectivity index is 2.14. The minimum absolute atomic E-state index is 0.493. The van der Waals surface area contributed by atoms with Gasteiger partial charge < -0.3 is 10.3 Å². The highest BCUT2D eigenvalue weighted by Gasteiger charge is 2.20. The van der Waals surface area contributed by atoms with Gasteiger partial charge in [0.15, 0.2) is 0 Å². The minimum atomic E-state index is 0.493. The number of para-hydroxylation sites is 1. The van der Waals surface area contributed by atoms with Crippen LogP contribution in [0.15, 0.2) is 18.2 Å². The van der Waals surface area contributed by atoms with E-state index in [4.69, 9.17) is 17.3 Å². The highest BCUT2D eigenvalue weighted by Crippen LogP contribution is 2.34. The Hall–Kier alpha value is -1.22. The second kappa shape index (κ2) is 4.22. The van der Waals surface area contributed by atoms with Crippen LogP contribution in [0.4, 0.5) is 5.95 Å². The van der Waals surface area contributed by atoms with E-state index in [1.807, 2.05) is 12.1 Å². The SMILES string of the molecule is Nc1nc2c(Cl)cccc2n1C1CCCCC1. The summed E-state index contributed by atoms with van der Waals surface area (Å²) in [4.78, 5) is 4.40. The van der Waals surface area contributed by atoms with E-state index < -0.39 is 0 Å². The molecule has 0 saturated heterocycles. The molecule has 1 fully saturated rings. The zero-order valence-electron chi connectivity index (χ0n) is 9.69. The molecule has 0 bridgehead atoms. The smallest absolute Gasteiger partial charge is 0.201 e. The van der Waals surface area contributed by atoms with Crippen LogP contribution in [0.1, 0.15) is 38.1 Å². The van der Waals surface area contributed by atoms with Gasteiger partial charge in [-0.05, 0) is 25.0 Å². The van der Waals surface area contributed by atoms with E-state index in [-0.39, 0.29) is 0 Å². The molecule has 1 saturated carbocycles. The number of aromatic nitrogens is 2. The summed E-state index contributed by atoms with van der Waals surface area (Å²) in [5, 5.41) is 0.684. The molecule has 1 aliphatic carbocycles. The van der Waals surface area contributed by atoms with Crippen molar-refractivity contribution in [3.05, 3.63) is 23.2 Å². The summed E-state index contributed by atoms with van der Waals surface area (Å²) in [6.07, 6.45) is 6.29. The Morgan fingerprint density at radius 3 is 2.76 bits per heavy atom. The first-order chi connectivity index (χ1) is 8.27. The predicted molar refractivity (Wildman–Crippen MR) is 71.3 cm³/mol. The van der Waals surface area contributed by atoms with E-state index >= 15 is 0 Å². The van der Waals surface area contributed by atoms with Crippen LogP contribution in [0, 0.1) is 0 Å². The van der Waals surface area contributed by atoms with Gasteiger partial charge in [-0.25, -0.2) is 4.98 Å². The summed E-state index contributed by atoms with van der Waals surface area (Å²) in [5.74, 6) is 0.597. The molecule has 2 aromatic rings. The van der Waals surface area contributed by atoms with Crippen LogP contribution < -0.4 is 5.73 Å². The zero-order valence-corrected chi connectivity index (χ0v) is 10.5. The average molecular weight is 250 g/mol. The lowest BCUT2D eigenvalue weighted by atomic mass is 9.95. The van der Waals surface area contributed by atoms with Crippen LogP contribution in [0.25, 0.3) is 11.0 Å². The molecule has 0 unspecified atom stereocenters. The van der Waals surface area contributed by atoms with Crippen molar-refractivity contribution in [2.24, 2.45) is 0 Å². The predicted octanol–water partition coefficient (Wildman–Crippen LogP) is 3.78. The van der Waals surface area contributed by atoms with Crippen LogP contribution in [0.5, 0.6) is 0 Å². The van der Waals surface area contributed by atoms with Gasteiger partial charge in [0.25, 0.3) is 0 Å². The van der Waals surface area contributed by atoms with Gasteiger partial charge in [-0.3, -0.25) is 0 Å². The van der Waals surface area contributed by atoms with E-state index in [1.54, 1.807) is 0 Å². The van der Waals surface area contributed by atoms with Gasteiger partial charge >= 0.3 is 0 Å². The summed E-state index contributed by atoms with van der Waals surface area (Å²) in [7, 11) is 0. The van der Waals surface area contributed by atoms with Gasteiger partial charge in [-0.2, -0.15) is 0 Å². The largest absolute Gasteiger partial charge is 0.369 e. The Bertz CT molecular complexity index is 541. The highest BCUT2D eigenvalue weighted by atomic mass is 35.5. The molecule has 1 aliphatic rings. The van der Waals surface area contributed by atoms with Gasteiger partial charge in [-0.15, -0.1) is 0 Å². The minimum Gasteiger partial charge on any atom is -0.369 e. The van der Waals surface area contributed by atoms with Crippen molar-refractivity contribution in [3.8, 4) is 0 Å². The molecule has 1 aromatic carbocycles. The molecular formula is C13H16ClN3. The number of anilines is 1. The van der Waals surface area contributed by atoms with Crippen molar-refractivity contribution in [3.63, 3.8) is 0 Å². The number of nitrogens with two attached hydrogens (primary N) is 1. The third-order valence-electron chi connectivity index (χ3n) is 3.64. The molecule has 0 radical (unpaired) electrons. The number of nitrogens with zero attached hydrogens (tertiary/aromatic N) is 2. The van der Waals surface area contributed by atoms with E-state index in [1.165, 1.54) is 32.1 Å². The monoisotopic (exact) mass is 249 g/mol. The fourth-order valence-electron chi connectivity index (χ4n) is 2.82. The molecular weight excluding hydrogens is 234 g/mol. The molecule has 3 nitrogen and oxygen atoms in total. The maximum Gasteiger partial charge on any atom is 0.201 e. The van der Waals surface area contributed by atoms with Crippen molar-refractivity contribution in [1.82, 2.24) is 9.55 Å². The van der Waals surface area contributed by atoms with E-state index in [0.29, 0.717) is 17.0 Å². The zero-order chi connectivity index (χ0) is 11.8. The quantitative estimate of drug-likeness (QED) is 0.836. The van der Waals surface area contributed by atoms with Gasteiger partial charge in [0.1, 0.15) is 5.52 Å². The standard InChI is InChI=1S/C13H16ClN3/c14-10-7-4-8-11-12(10)16-13(15)17(11)9-5-2-1-3-6-9/h4,7-9H,1-3,5-6H2,(H2,15,16). The van der Waals surface area contributed by atoms with Gasteiger partial charge in [-0.1, -0.05) is 36.9 Å². The molecule has 0 aliphatic heterocycles. The van der Waals surface area contributed by atoms with Crippen molar-refractivity contribution < 1.29 is 0 Å². The Kier molecular flexibility index (Phi) is 2.71. The highest BCUT2D eigenvalue weighted by molar-refractivity contribution is 6.35. The van der Waals surface area contributed by atoms with Crippen molar-refractivity contribution in [2.75, 3.05) is 5.73 Å². The summed E-state index contributed by atoms with van der Waals surface area (Å²) in [6.45, 7) is 0. The lowest BCUT2D eigenvalue weighted by Crippen LogP contribution is -2.14. The van der Waals surface area contributed by atoms with E-state index in [0.717, 1.165) is 11.0 Å². The first-order valence-electron chi connectivity index (χ1n) is 6.19. The third-order valence-corrected chi connectivity index (χ3v) is 3.94. The Morgan fingerprint density at radius 1 is 1.24 bits per heavy atom. The van der Waals surface area contributed by atoms with Crippen molar-refractivity contribution >= 4 is 28.6 Å². The number of rotatable bonds is 1. The summed E-state index contributed by atoms with van der Waals surface area (Å²) in [6, 6.07) is 6.37. The molecule has 3 rings (SSSR count). The summed E-state index contributed by atoms with van der Waals surface area (Å²) < 4.78 is 2.17. The average Bonchev–Trinajstić information content (AvgIpc) is 2.68. The maximum atomic E-state index is 6.15. The topological polar surface area (TPSA) is 43.8 Å². The molecule has 0 spiro atoms. The van der Waals surface area contributed by atoms with E-state index in [2.05, 4.69) is 15.6 Å². The lowest BCUT2D eigenvalue weighted by Gasteiger charge is -2.24. The van der Waals surface area contributed by atoms with Gasteiger partial charge in [0.05, 0.1) is 10.5 Å². The molecule has 2 N–H and O–H groups in total. The van der Waals surface area contributed by atoms with Crippen LogP contribution in [0.3, 0.4) is 0 Å². The number of fused-ring (bicyclic) bond motifs is 1. The second-order valence-electron chi connectivity index (χ2n) is 4.74.